The van der Waals surface area contributed by atoms with Crippen molar-refractivity contribution >= 4 is 17.8 Å². The van der Waals surface area contributed by atoms with Crippen molar-refractivity contribution in [2.75, 3.05) is 24.7 Å². The summed E-state index contributed by atoms with van der Waals surface area (Å²) in [5.74, 6) is -1.63. The van der Waals surface area contributed by atoms with Gasteiger partial charge in [0.25, 0.3) is 0 Å². The average Bonchev–Trinajstić information content (AvgIpc) is 2.93. The van der Waals surface area contributed by atoms with Crippen molar-refractivity contribution in [3.8, 4) is 0 Å². The number of anilines is 1. The first-order valence-corrected chi connectivity index (χ1v) is 14.4. The molecule has 0 spiro atoms. The molecule has 1 heterocycles. The molecule has 2 rings (SSSR count). The van der Waals surface area contributed by atoms with E-state index in [1.165, 1.54) is 63.5 Å². The van der Waals surface area contributed by atoms with Gasteiger partial charge in [-0.2, -0.15) is 0 Å². The first kappa shape index (κ1) is 32.2. The summed E-state index contributed by atoms with van der Waals surface area (Å²) in [6.45, 7) is 3.03. The number of halogens is 2. The molecule has 0 bridgehead atoms. The van der Waals surface area contributed by atoms with Crippen molar-refractivity contribution in [2.24, 2.45) is 0 Å². The second-order valence-corrected chi connectivity index (χ2v) is 9.82. The standard InChI is InChI=1S/C31H44F2N2O4/c1-2-3-4-5-6-7-8-9-10-11-14-22-38-30(36)18-19-31(37)39-23-21-35(29-15-12-13-20-34-29)25-26-16-17-27(32)24-28(26)33/h12-13,15-17,20,24H,2-11,14,18-19,21-23,25H2,1H3. The Morgan fingerprint density at radius 2 is 1.41 bits per heavy atom. The smallest absolute Gasteiger partial charge is 0.306 e. The number of pyridine rings is 1. The third kappa shape index (κ3) is 14.6. The van der Waals surface area contributed by atoms with Crippen LogP contribution in [-0.4, -0.2) is 36.7 Å². The Balaban J connectivity index is 1.57. The van der Waals surface area contributed by atoms with Crippen molar-refractivity contribution in [2.45, 2.75) is 96.9 Å². The summed E-state index contributed by atoms with van der Waals surface area (Å²) >= 11 is 0. The van der Waals surface area contributed by atoms with Crippen LogP contribution in [0.5, 0.6) is 0 Å². The van der Waals surface area contributed by atoms with Crippen LogP contribution >= 0.6 is 0 Å². The van der Waals surface area contributed by atoms with E-state index in [1.807, 2.05) is 0 Å². The molecular formula is C31H44F2N2O4. The first-order valence-electron chi connectivity index (χ1n) is 14.4. The molecule has 0 saturated heterocycles. The Bertz CT molecular complexity index is 959. The third-order valence-electron chi connectivity index (χ3n) is 6.52. The molecule has 0 atom stereocenters. The number of carbonyl (C=O) groups is 2. The molecule has 0 aliphatic heterocycles. The van der Waals surface area contributed by atoms with Crippen LogP contribution in [0.3, 0.4) is 0 Å². The lowest BCUT2D eigenvalue weighted by atomic mass is 10.1. The summed E-state index contributed by atoms with van der Waals surface area (Å²) in [6.07, 6.45) is 15.0. The third-order valence-corrected chi connectivity index (χ3v) is 6.52. The number of carbonyl (C=O) groups excluding carboxylic acids is 2. The fourth-order valence-electron chi connectivity index (χ4n) is 4.24. The molecule has 0 unspecified atom stereocenters. The van der Waals surface area contributed by atoms with Crippen molar-refractivity contribution in [3.63, 3.8) is 0 Å². The van der Waals surface area contributed by atoms with E-state index in [9.17, 15) is 18.4 Å². The fraction of sp³-hybridized carbons (Fsp3) is 0.581. The molecule has 0 aliphatic rings. The molecule has 1 aromatic heterocycles. The minimum atomic E-state index is -0.653. The molecule has 8 heteroatoms. The molecule has 6 nitrogen and oxygen atoms in total. The van der Waals surface area contributed by atoms with E-state index >= 15 is 0 Å². The lowest BCUT2D eigenvalue weighted by molar-refractivity contribution is -0.150. The first-order chi connectivity index (χ1) is 19.0. The van der Waals surface area contributed by atoms with E-state index in [1.54, 1.807) is 29.3 Å². The molecule has 216 valence electrons. The van der Waals surface area contributed by atoms with Gasteiger partial charge in [0.15, 0.2) is 0 Å². The monoisotopic (exact) mass is 546 g/mol. The van der Waals surface area contributed by atoms with E-state index in [0.29, 0.717) is 18.0 Å². The van der Waals surface area contributed by atoms with Gasteiger partial charge < -0.3 is 14.4 Å². The van der Waals surface area contributed by atoms with Crippen LogP contribution in [0.25, 0.3) is 0 Å². The molecule has 1 aromatic carbocycles. The SMILES string of the molecule is CCCCCCCCCCCCCOC(=O)CCC(=O)OCCN(Cc1ccc(F)cc1F)c1ccccn1. The summed E-state index contributed by atoms with van der Waals surface area (Å²) in [5.41, 5.74) is 0.300. The molecule has 0 saturated carbocycles. The summed E-state index contributed by atoms with van der Waals surface area (Å²) in [5, 5.41) is 0. The number of nitrogens with zero attached hydrogens (tertiary/aromatic N) is 2. The van der Waals surface area contributed by atoms with E-state index < -0.39 is 23.6 Å². The summed E-state index contributed by atoms with van der Waals surface area (Å²) in [6, 6.07) is 8.73. The Hall–Kier alpha value is -3.03. The molecule has 0 radical (unpaired) electrons. The Kier molecular flexibility index (Phi) is 16.5. The van der Waals surface area contributed by atoms with Crippen LogP contribution in [0.2, 0.25) is 0 Å². The molecule has 0 N–H and O–H groups in total. The van der Waals surface area contributed by atoms with Crippen LogP contribution in [0.1, 0.15) is 96.0 Å². The lowest BCUT2D eigenvalue weighted by Crippen LogP contribution is -2.29. The number of hydrogen-bond acceptors (Lipinski definition) is 6. The second-order valence-electron chi connectivity index (χ2n) is 9.82. The van der Waals surface area contributed by atoms with E-state index in [4.69, 9.17) is 9.47 Å². The second kappa shape index (κ2) is 20.0. The molecule has 0 amide bonds. The Morgan fingerprint density at radius 3 is 2.00 bits per heavy atom. The van der Waals surface area contributed by atoms with Crippen molar-refractivity contribution in [3.05, 3.63) is 59.8 Å². The van der Waals surface area contributed by atoms with Crippen molar-refractivity contribution in [1.82, 2.24) is 4.98 Å². The number of hydrogen-bond donors (Lipinski definition) is 0. The minimum Gasteiger partial charge on any atom is -0.466 e. The number of ether oxygens (including phenoxy) is 2. The number of rotatable bonds is 21. The molecular weight excluding hydrogens is 502 g/mol. The molecule has 39 heavy (non-hydrogen) atoms. The van der Waals surface area contributed by atoms with Gasteiger partial charge in [0.1, 0.15) is 24.1 Å². The van der Waals surface area contributed by atoms with Crippen LogP contribution in [0.4, 0.5) is 14.6 Å². The van der Waals surface area contributed by atoms with Crippen LogP contribution < -0.4 is 4.90 Å². The predicted octanol–water partition coefficient (Wildman–Crippen LogP) is 7.54. The summed E-state index contributed by atoms with van der Waals surface area (Å²) < 4.78 is 38.0. The maximum Gasteiger partial charge on any atom is 0.306 e. The minimum absolute atomic E-state index is 0.0262. The van der Waals surface area contributed by atoms with Crippen molar-refractivity contribution < 1.29 is 27.8 Å². The Morgan fingerprint density at radius 1 is 0.795 bits per heavy atom. The summed E-state index contributed by atoms with van der Waals surface area (Å²) in [4.78, 5) is 30.1. The Labute approximate surface area is 232 Å². The van der Waals surface area contributed by atoms with Crippen LogP contribution in [0, 0.1) is 11.6 Å². The maximum absolute atomic E-state index is 14.2. The fourth-order valence-corrected chi connectivity index (χ4v) is 4.24. The largest absolute Gasteiger partial charge is 0.466 e. The quantitative estimate of drug-likeness (QED) is 0.119. The number of unbranched alkanes of at least 4 members (excludes halogenated alkanes) is 10. The highest BCUT2D eigenvalue weighted by Gasteiger charge is 2.14. The highest BCUT2D eigenvalue weighted by atomic mass is 19.1. The van der Waals surface area contributed by atoms with Gasteiger partial charge in [-0.1, -0.05) is 83.3 Å². The number of aromatic nitrogens is 1. The van der Waals surface area contributed by atoms with Gasteiger partial charge in [-0.25, -0.2) is 13.8 Å². The normalized spacial score (nSPS) is 10.8. The van der Waals surface area contributed by atoms with Crippen LogP contribution in [0.15, 0.2) is 42.6 Å². The van der Waals surface area contributed by atoms with Crippen molar-refractivity contribution in [1.29, 1.82) is 0 Å². The van der Waals surface area contributed by atoms with Gasteiger partial charge in [0, 0.05) is 24.4 Å². The average molecular weight is 547 g/mol. The highest BCUT2D eigenvalue weighted by Crippen LogP contribution is 2.17. The molecule has 0 fully saturated rings. The number of esters is 2. The predicted molar refractivity (Wildman–Crippen MR) is 149 cm³/mol. The van der Waals surface area contributed by atoms with Gasteiger partial charge in [-0.3, -0.25) is 9.59 Å². The zero-order valence-electron chi connectivity index (χ0n) is 23.3. The zero-order valence-corrected chi connectivity index (χ0v) is 23.3. The van der Waals surface area contributed by atoms with Gasteiger partial charge in [-0.05, 0) is 24.6 Å². The molecule has 2 aromatic rings. The van der Waals surface area contributed by atoms with E-state index in [-0.39, 0.29) is 32.5 Å². The zero-order chi connectivity index (χ0) is 28.1. The summed E-state index contributed by atoms with van der Waals surface area (Å²) in [7, 11) is 0. The van der Waals surface area contributed by atoms with Gasteiger partial charge in [0.05, 0.1) is 26.0 Å². The van der Waals surface area contributed by atoms with E-state index in [0.717, 1.165) is 25.3 Å². The number of benzene rings is 1. The van der Waals surface area contributed by atoms with Gasteiger partial charge in [-0.15, -0.1) is 0 Å². The van der Waals surface area contributed by atoms with Crippen LogP contribution in [-0.2, 0) is 25.6 Å². The van der Waals surface area contributed by atoms with E-state index in [2.05, 4.69) is 11.9 Å². The van der Waals surface area contributed by atoms with Gasteiger partial charge in [0.2, 0.25) is 0 Å². The topological polar surface area (TPSA) is 68.7 Å². The molecule has 0 aliphatic carbocycles. The maximum atomic E-state index is 14.2. The van der Waals surface area contributed by atoms with Gasteiger partial charge >= 0.3 is 11.9 Å². The highest BCUT2D eigenvalue weighted by molar-refractivity contribution is 5.77. The lowest BCUT2D eigenvalue weighted by Gasteiger charge is -2.24.